The number of carbonyl (C=O) groups excluding carboxylic acids is 2. The van der Waals surface area contributed by atoms with Crippen molar-refractivity contribution < 1.29 is 19.1 Å². The summed E-state index contributed by atoms with van der Waals surface area (Å²) < 4.78 is 10.6. The van der Waals surface area contributed by atoms with Crippen molar-refractivity contribution in [3.05, 3.63) is 64.2 Å². The molecular weight excluding hydrogens is 392 g/mol. The summed E-state index contributed by atoms with van der Waals surface area (Å²) >= 11 is 6.09. The lowest BCUT2D eigenvalue weighted by Gasteiger charge is -2.20. The first-order valence-electron chi connectivity index (χ1n) is 9.30. The lowest BCUT2D eigenvalue weighted by molar-refractivity contribution is 0.0522. The highest BCUT2D eigenvalue weighted by Crippen LogP contribution is 2.28. The first-order valence-corrected chi connectivity index (χ1v) is 9.67. The zero-order chi connectivity index (χ0) is 21.6. The van der Waals surface area contributed by atoms with Crippen LogP contribution in [0.25, 0.3) is 0 Å². The normalized spacial score (nSPS) is 12.1. The Morgan fingerprint density at radius 1 is 1.14 bits per heavy atom. The van der Waals surface area contributed by atoms with Crippen LogP contribution in [0.1, 0.15) is 55.2 Å². The van der Waals surface area contributed by atoms with E-state index in [0.29, 0.717) is 21.9 Å². The molecule has 7 heteroatoms. The molecule has 0 heterocycles. The standard InChI is InChI=1S/C22H27ClN2O4/c1-14(18-12-16(23)10-11-19(18)28-5)25-20(26)17-9-7-6-8-15(17)13-24-21(27)29-22(2,3)4/h6-12,14H,13H2,1-5H3,(H,24,27)(H,25,26). The van der Waals surface area contributed by atoms with E-state index in [1.54, 1.807) is 64.3 Å². The molecule has 2 aromatic carbocycles. The quantitative estimate of drug-likeness (QED) is 0.702. The van der Waals surface area contributed by atoms with E-state index in [4.69, 9.17) is 21.1 Å². The zero-order valence-electron chi connectivity index (χ0n) is 17.3. The molecule has 0 bridgehead atoms. The minimum atomic E-state index is -0.591. The number of halogens is 1. The largest absolute Gasteiger partial charge is 0.496 e. The lowest BCUT2D eigenvalue weighted by Crippen LogP contribution is -2.33. The molecule has 0 radical (unpaired) electrons. The van der Waals surface area contributed by atoms with E-state index in [-0.39, 0.29) is 18.5 Å². The van der Waals surface area contributed by atoms with E-state index in [1.807, 2.05) is 13.0 Å². The van der Waals surface area contributed by atoms with Gasteiger partial charge in [-0.05, 0) is 57.5 Å². The molecule has 0 saturated carbocycles. The minimum Gasteiger partial charge on any atom is -0.496 e. The monoisotopic (exact) mass is 418 g/mol. The van der Waals surface area contributed by atoms with Gasteiger partial charge in [-0.1, -0.05) is 29.8 Å². The second kappa shape index (κ2) is 9.65. The number of ether oxygens (including phenoxy) is 2. The SMILES string of the molecule is COc1ccc(Cl)cc1C(C)NC(=O)c1ccccc1CNC(=O)OC(C)(C)C. The van der Waals surface area contributed by atoms with Crippen LogP contribution in [0.3, 0.4) is 0 Å². The van der Waals surface area contributed by atoms with E-state index < -0.39 is 11.7 Å². The number of benzene rings is 2. The maximum Gasteiger partial charge on any atom is 0.407 e. The highest BCUT2D eigenvalue weighted by molar-refractivity contribution is 6.30. The van der Waals surface area contributed by atoms with Crippen LogP contribution in [0.15, 0.2) is 42.5 Å². The van der Waals surface area contributed by atoms with Gasteiger partial charge in [0.25, 0.3) is 5.91 Å². The number of carbonyl (C=O) groups is 2. The van der Waals surface area contributed by atoms with Gasteiger partial charge in [-0.2, -0.15) is 0 Å². The molecular formula is C22H27ClN2O4. The smallest absolute Gasteiger partial charge is 0.407 e. The van der Waals surface area contributed by atoms with E-state index in [0.717, 1.165) is 5.56 Å². The van der Waals surface area contributed by atoms with Gasteiger partial charge < -0.3 is 20.1 Å². The van der Waals surface area contributed by atoms with Gasteiger partial charge in [0.05, 0.1) is 13.2 Å². The zero-order valence-corrected chi connectivity index (χ0v) is 18.1. The third-order valence-electron chi connectivity index (χ3n) is 4.09. The van der Waals surface area contributed by atoms with Crippen molar-refractivity contribution in [1.82, 2.24) is 10.6 Å². The van der Waals surface area contributed by atoms with Crippen LogP contribution in [0.5, 0.6) is 5.75 Å². The highest BCUT2D eigenvalue weighted by atomic mass is 35.5. The molecule has 1 unspecified atom stereocenters. The number of amides is 2. The van der Waals surface area contributed by atoms with Crippen molar-refractivity contribution in [2.45, 2.75) is 45.9 Å². The average molecular weight is 419 g/mol. The maximum absolute atomic E-state index is 12.9. The number of nitrogens with one attached hydrogen (secondary N) is 2. The first kappa shape index (κ1) is 22.6. The Labute approximate surface area is 176 Å². The molecule has 2 aromatic rings. The van der Waals surface area contributed by atoms with Crippen molar-refractivity contribution >= 4 is 23.6 Å². The van der Waals surface area contributed by atoms with Gasteiger partial charge in [-0.25, -0.2) is 4.79 Å². The molecule has 2 amide bonds. The van der Waals surface area contributed by atoms with E-state index in [1.165, 1.54) is 0 Å². The third kappa shape index (κ3) is 6.68. The maximum atomic E-state index is 12.9. The number of hydrogen-bond acceptors (Lipinski definition) is 4. The summed E-state index contributed by atoms with van der Waals surface area (Å²) in [6, 6.07) is 12.0. The summed E-state index contributed by atoms with van der Waals surface area (Å²) in [5.41, 5.74) is 1.34. The van der Waals surface area contributed by atoms with E-state index in [2.05, 4.69) is 10.6 Å². The topological polar surface area (TPSA) is 76.7 Å². The van der Waals surface area contributed by atoms with Gasteiger partial charge in [0.1, 0.15) is 11.4 Å². The number of hydrogen-bond donors (Lipinski definition) is 2. The van der Waals surface area contributed by atoms with E-state index in [9.17, 15) is 9.59 Å². The fourth-order valence-electron chi connectivity index (χ4n) is 2.77. The Morgan fingerprint density at radius 2 is 1.83 bits per heavy atom. The molecule has 29 heavy (non-hydrogen) atoms. The Hall–Kier alpha value is -2.73. The first-order chi connectivity index (χ1) is 13.6. The molecule has 0 spiro atoms. The summed E-state index contributed by atoms with van der Waals surface area (Å²) in [5, 5.41) is 6.20. The van der Waals surface area contributed by atoms with E-state index >= 15 is 0 Å². The second-order valence-corrected chi connectivity index (χ2v) is 8.03. The molecule has 6 nitrogen and oxygen atoms in total. The molecule has 0 aliphatic carbocycles. The van der Waals surface area contributed by atoms with Crippen LogP contribution in [0.4, 0.5) is 4.79 Å². The highest BCUT2D eigenvalue weighted by Gasteiger charge is 2.19. The van der Waals surface area contributed by atoms with Crippen molar-refractivity contribution in [3.8, 4) is 5.75 Å². The van der Waals surface area contributed by atoms with Gasteiger partial charge in [0.2, 0.25) is 0 Å². The van der Waals surface area contributed by atoms with Crippen LogP contribution in [-0.2, 0) is 11.3 Å². The Bertz CT molecular complexity index is 877. The Morgan fingerprint density at radius 3 is 2.48 bits per heavy atom. The predicted octanol–water partition coefficient (Wildman–Crippen LogP) is 4.86. The minimum absolute atomic E-state index is 0.174. The molecule has 2 N–H and O–H groups in total. The number of alkyl carbamates (subject to hydrolysis) is 1. The summed E-state index contributed by atoms with van der Waals surface area (Å²) in [5.74, 6) is 0.378. The molecule has 0 saturated heterocycles. The predicted molar refractivity (Wildman–Crippen MR) is 113 cm³/mol. The van der Waals surface area contributed by atoms with Gasteiger partial charge in [0.15, 0.2) is 0 Å². The number of methoxy groups -OCH3 is 1. The summed E-state index contributed by atoms with van der Waals surface area (Å²) in [6.07, 6.45) is -0.537. The van der Waals surface area contributed by atoms with Gasteiger partial charge in [-0.3, -0.25) is 4.79 Å². The average Bonchev–Trinajstić information content (AvgIpc) is 2.65. The second-order valence-electron chi connectivity index (χ2n) is 7.59. The lowest BCUT2D eigenvalue weighted by atomic mass is 10.0. The van der Waals surface area contributed by atoms with Crippen LogP contribution in [0.2, 0.25) is 5.02 Å². The molecule has 156 valence electrons. The van der Waals surface area contributed by atoms with Crippen LogP contribution in [-0.4, -0.2) is 24.7 Å². The summed E-state index contributed by atoms with van der Waals surface area (Å²) in [6.45, 7) is 7.40. The molecule has 0 aromatic heterocycles. The molecule has 1 atom stereocenters. The van der Waals surface area contributed by atoms with Gasteiger partial charge in [-0.15, -0.1) is 0 Å². The fourth-order valence-corrected chi connectivity index (χ4v) is 2.95. The Balaban J connectivity index is 2.12. The van der Waals surface area contributed by atoms with Gasteiger partial charge in [0, 0.05) is 22.7 Å². The van der Waals surface area contributed by atoms with Gasteiger partial charge >= 0.3 is 6.09 Å². The number of rotatable bonds is 6. The van der Waals surface area contributed by atoms with Crippen molar-refractivity contribution in [3.63, 3.8) is 0 Å². The van der Waals surface area contributed by atoms with Crippen LogP contribution < -0.4 is 15.4 Å². The molecule has 0 aliphatic heterocycles. The fraction of sp³-hybridized carbons (Fsp3) is 0.364. The molecule has 0 fully saturated rings. The Kier molecular flexibility index (Phi) is 7.51. The van der Waals surface area contributed by atoms with Crippen LogP contribution >= 0.6 is 11.6 Å². The van der Waals surface area contributed by atoms with Crippen molar-refractivity contribution in [1.29, 1.82) is 0 Å². The van der Waals surface area contributed by atoms with Crippen molar-refractivity contribution in [2.24, 2.45) is 0 Å². The third-order valence-corrected chi connectivity index (χ3v) is 4.33. The molecule has 2 rings (SSSR count). The molecule has 0 aliphatic rings. The van der Waals surface area contributed by atoms with Crippen molar-refractivity contribution in [2.75, 3.05) is 7.11 Å². The van der Waals surface area contributed by atoms with Crippen LogP contribution in [0, 0.1) is 0 Å². The summed E-state index contributed by atoms with van der Waals surface area (Å²) in [4.78, 5) is 24.8. The summed E-state index contributed by atoms with van der Waals surface area (Å²) in [7, 11) is 1.57.